The lowest BCUT2D eigenvalue weighted by Crippen LogP contribution is -2.37. The highest BCUT2D eigenvalue weighted by Crippen LogP contribution is 2.28. The lowest BCUT2D eigenvalue weighted by atomic mass is 9.99. The summed E-state index contributed by atoms with van der Waals surface area (Å²) < 4.78 is 21.2. The molecule has 2 heterocycles. The molecular weight excluding hydrogens is 315 g/mol. The molecule has 0 spiro atoms. The van der Waals surface area contributed by atoms with Gasteiger partial charge in [-0.2, -0.15) is 0 Å². The molecule has 3 rings (SSSR count). The Balaban J connectivity index is 2.13. The first-order chi connectivity index (χ1) is 11.4. The molecule has 0 amide bonds. The average Bonchev–Trinajstić information content (AvgIpc) is 2.70. The van der Waals surface area contributed by atoms with Gasteiger partial charge in [0.1, 0.15) is 11.6 Å². The number of hydrogen-bond acceptors (Lipinski definition) is 4. The van der Waals surface area contributed by atoms with Crippen molar-refractivity contribution in [1.82, 2.24) is 9.13 Å². The molecule has 124 valence electrons. The largest absolute Gasteiger partial charge is 0.492 e. The Morgan fingerprint density at radius 2 is 1.96 bits per heavy atom. The zero-order chi connectivity index (χ0) is 17.4. The van der Waals surface area contributed by atoms with E-state index in [1.165, 1.54) is 43.1 Å². The number of fused-ring (bicyclic) bond motifs is 1. The molecule has 0 bridgehead atoms. The SMILES string of the molecule is Cn1cc(/C=C2\CCOc3ccc(F)cc3C2=O)c(=O)n(C)c1=O. The molecule has 0 unspecified atom stereocenters. The van der Waals surface area contributed by atoms with Crippen LogP contribution in [-0.2, 0) is 14.1 Å². The molecule has 6 nitrogen and oxygen atoms in total. The molecule has 0 aliphatic carbocycles. The minimum atomic E-state index is -0.537. The summed E-state index contributed by atoms with van der Waals surface area (Å²) in [5.41, 5.74) is -0.286. The molecule has 1 aliphatic rings. The van der Waals surface area contributed by atoms with Crippen LogP contribution in [0.3, 0.4) is 0 Å². The van der Waals surface area contributed by atoms with Crippen molar-refractivity contribution in [2.45, 2.75) is 6.42 Å². The second kappa shape index (κ2) is 5.92. The zero-order valence-electron chi connectivity index (χ0n) is 13.2. The van der Waals surface area contributed by atoms with E-state index in [9.17, 15) is 18.8 Å². The van der Waals surface area contributed by atoms with Crippen LogP contribution in [0.4, 0.5) is 4.39 Å². The molecular formula is C17H15FN2O4. The quantitative estimate of drug-likeness (QED) is 0.739. The van der Waals surface area contributed by atoms with Crippen molar-refractivity contribution in [2.24, 2.45) is 14.1 Å². The van der Waals surface area contributed by atoms with Crippen LogP contribution < -0.4 is 16.0 Å². The van der Waals surface area contributed by atoms with Gasteiger partial charge in [-0.1, -0.05) is 0 Å². The molecule has 0 N–H and O–H groups in total. The van der Waals surface area contributed by atoms with Crippen LogP contribution in [0.2, 0.25) is 0 Å². The highest BCUT2D eigenvalue weighted by Gasteiger charge is 2.22. The zero-order valence-corrected chi connectivity index (χ0v) is 13.2. The van der Waals surface area contributed by atoms with Crippen LogP contribution in [0.15, 0.2) is 39.6 Å². The van der Waals surface area contributed by atoms with Crippen LogP contribution in [0.5, 0.6) is 5.75 Å². The van der Waals surface area contributed by atoms with Crippen LogP contribution in [0, 0.1) is 5.82 Å². The van der Waals surface area contributed by atoms with Gasteiger partial charge in [0, 0.05) is 32.3 Å². The number of Topliss-reactive ketones (excluding diaryl/α,β-unsaturated/α-hetero) is 1. The first-order valence-electron chi connectivity index (χ1n) is 7.33. The third kappa shape index (κ3) is 2.68. The number of ether oxygens (including phenoxy) is 1. The Morgan fingerprint density at radius 3 is 2.71 bits per heavy atom. The molecule has 7 heteroatoms. The number of aromatic nitrogens is 2. The monoisotopic (exact) mass is 330 g/mol. The van der Waals surface area contributed by atoms with E-state index in [1.54, 1.807) is 0 Å². The molecule has 0 saturated heterocycles. The molecule has 0 radical (unpaired) electrons. The van der Waals surface area contributed by atoms with Gasteiger partial charge < -0.3 is 9.30 Å². The average molecular weight is 330 g/mol. The van der Waals surface area contributed by atoms with Crippen molar-refractivity contribution < 1.29 is 13.9 Å². The number of rotatable bonds is 1. The van der Waals surface area contributed by atoms with Gasteiger partial charge in [0.05, 0.1) is 17.7 Å². The summed E-state index contributed by atoms with van der Waals surface area (Å²) in [5.74, 6) is -0.610. The van der Waals surface area contributed by atoms with Gasteiger partial charge in [0.2, 0.25) is 0 Å². The lowest BCUT2D eigenvalue weighted by Gasteiger charge is -2.06. The number of halogens is 1. The third-order valence-electron chi connectivity index (χ3n) is 3.91. The number of ketones is 1. The standard InChI is InChI=1S/C17H15FN2O4/c1-19-9-11(16(22)20(2)17(19)23)7-10-5-6-24-14-4-3-12(18)8-13(14)15(10)21/h3-4,7-9H,5-6H2,1-2H3/b10-7+. The third-order valence-corrected chi connectivity index (χ3v) is 3.91. The minimum Gasteiger partial charge on any atom is -0.492 e. The van der Waals surface area contributed by atoms with E-state index in [-0.39, 0.29) is 24.2 Å². The number of aryl methyl sites for hydroxylation is 1. The van der Waals surface area contributed by atoms with E-state index in [4.69, 9.17) is 4.74 Å². The van der Waals surface area contributed by atoms with E-state index in [0.717, 1.165) is 10.6 Å². The van der Waals surface area contributed by atoms with Crippen LogP contribution in [0.25, 0.3) is 6.08 Å². The highest BCUT2D eigenvalue weighted by atomic mass is 19.1. The fourth-order valence-corrected chi connectivity index (χ4v) is 2.62. The molecule has 1 aromatic carbocycles. The Morgan fingerprint density at radius 1 is 1.21 bits per heavy atom. The van der Waals surface area contributed by atoms with Crippen molar-refractivity contribution in [2.75, 3.05) is 6.61 Å². The normalized spacial score (nSPS) is 15.8. The predicted molar refractivity (Wildman–Crippen MR) is 85.7 cm³/mol. The van der Waals surface area contributed by atoms with Gasteiger partial charge in [0.15, 0.2) is 5.78 Å². The van der Waals surface area contributed by atoms with Gasteiger partial charge in [-0.05, 0) is 24.3 Å². The van der Waals surface area contributed by atoms with Gasteiger partial charge >= 0.3 is 5.69 Å². The van der Waals surface area contributed by atoms with Crippen molar-refractivity contribution in [3.8, 4) is 5.75 Å². The number of carbonyl (C=O) groups excluding carboxylic acids is 1. The van der Waals surface area contributed by atoms with Crippen LogP contribution in [0.1, 0.15) is 22.3 Å². The second-order valence-corrected chi connectivity index (χ2v) is 5.58. The van der Waals surface area contributed by atoms with Crippen LogP contribution in [-0.4, -0.2) is 21.5 Å². The number of benzene rings is 1. The van der Waals surface area contributed by atoms with E-state index in [2.05, 4.69) is 0 Å². The van der Waals surface area contributed by atoms with Crippen LogP contribution >= 0.6 is 0 Å². The minimum absolute atomic E-state index is 0.125. The topological polar surface area (TPSA) is 70.3 Å². The smallest absolute Gasteiger partial charge is 0.330 e. The summed E-state index contributed by atoms with van der Waals surface area (Å²) in [7, 11) is 2.89. The number of hydrogen-bond donors (Lipinski definition) is 0. The van der Waals surface area contributed by atoms with Gasteiger partial charge in [-0.15, -0.1) is 0 Å². The predicted octanol–water partition coefficient (Wildman–Crippen LogP) is 1.27. The first kappa shape index (κ1) is 15.9. The summed E-state index contributed by atoms with van der Waals surface area (Å²) in [6.45, 7) is 0.238. The maximum absolute atomic E-state index is 13.5. The fourth-order valence-electron chi connectivity index (χ4n) is 2.62. The van der Waals surface area contributed by atoms with Crippen molar-refractivity contribution >= 4 is 11.9 Å². The van der Waals surface area contributed by atoms with E-state index >= 15 is 0 Å². The molecule has 1 aromatic heterocycles. The molecule has 2 aromatic rings. The summed E-state index contributed by atoms with van der Waals surface area (Å²) >= 11 is 0. The summed E-state index contributed by atoms with van der Waals surface area (Å²) in [4.78, 5) is 36.6. The summed E-state index contributed by atoms with van der Waals surface area (Å²) in [6.07, 6.45) is 3.10. The van der Waals surface area contributed by atoms with Gasteiger partial charge in [-0.25, -0.2) is 9.18 Å². The van der Waals surface area contributed by atoms with Gasteiger partial charge in [-0.3, -0.25) is 14.2 Å². The maximum atomic E-state index is 13.5. The van der Waals surface area contributed by atoms with E-state index in [1.807, 2.05) is 0 Å². The Hall–Kier alpha value is -2.96. The molecule has 0 fully saturated rings. The first-order valence-corrected chi connectivity index (χ1v) is 7.33. The maximum Gasteiger partial charge on any atom is 0.330 e. The molecule has 1 aliphatic heterocycles. The molecule has 0 saturated carbocycles. The number of carbonyl (C=O) groups is 1. The second-order valence-electron chi connectivity index (χ2n) is 5.58. The molecule has 0 atom stereocenters. The summed E-state index contributed by atoms with van der Waals surface area (Å²) in [5, 5.41) is 0. The lowest BCUT2D eigenvalue weighted by molar-refractivity contribution is 0.103. The number of nitrogens with zero attached hydrogens (tertiary/aromatic N) is 2. The Labute approximate surface area is 136 Å². The van der Waals surface area contributed by atoms with E-state index < -0.39 is 22.8 Å². The van der Waals surface area contributed by atoms with Crippen molar-refractivity contribution in [1.29, 1.82) is 0 Å². The Bertz CT molecular complexity index is 985. The fraction of sp³-hybridized carbons (Fsp3) is 0.235. The highest BCUT2D eigenvalue weighted by molar-refractivity contribution is 6.13. The Kier molecular flexibility index (Phi) is 3.92. The van der Waals surface area contributed by atoms with E-state index in [0.29, 0.717) is 11.3 Å². The van der Waals surface area contributed by atoms with Crippen molar-refractivity contribution in [3.05, 3.63) is 67.8 Å². The molecule has 24 heavy (non-hydrogen) atoms. The summed E-state index contributed by atoms with van der Waals surface area (Å²) in [6, 6.07) is 3.76. The van der Waals surface area contributed by atoms with Crippen molar-refractivity contribution in [3.63, 3.8) is 0 Å². The van der Waals surface area contributed by atoms with Gasteiger partial charge in [0.25, 0.3) is 5.56 Å².